The molecule has 0 spiro atoms. The summed E-state index contributed by atoms with van der Waals surface area (Å²) >= 11 is 0. The summed E-state index contributed by atoms with van der Waals surface area (Å²) in [7, 11) is 0. The molecule has 0 aliphatic heterocycles. The number of carbonyl (C=O) groups is 2. The Balaban J connectivity index is 0. The molecule has 0 unspecified atom stereocenters. The van der Waals surface area contributed by atoms with Gasteiger partial charge < -0.3 is 10.2 Å². The number of hydrogen-bond donors (Lipinski definition) is 2. The van der Waals surface area contributed by atoms with Gasteiger partial charge in [0.15, 0.2) is 5.41 Å². The molecule has 0 aliphatic rings. The Labute approximate surface area is 111 Å². The van der Waals surface area contributed by atoms with Crippen LogP contribution in [-0.2, 0) is 9.59 Å². The molecule has 0 rings (SSSR count). The zero-order valence-electron chi connectivity index (χ0n) is 6.79. The first-order valence-electron chi connectivity index (χ1n) is 3.30. The van der Waals surface area contributed by atoms with Gasteiger partial charge in [0.1, 0.15) is 0 Å². The molecule has 68 valence electrons. The van der Waals surface area contributed by atoms with Gasteiger partial charge in [-0.25, -0.2) is 0 Å². The van der Waals surface area contributed by atoms with E-state index in [0.717, 1.165) is 0 Å². The van der Waals surface area contributed by atoms with Crippen LogP contribution in [0, 0.1) is 11.3 Å². The Morgan fingerprint density at radius 1 is 1.17 bits per heavy atom. The summed E-state index contributed by atoms with van der Waals surface area (Å²) in [6.45, 7) is 4.35. The Bertz CT molecular complexity index is 174. The van der Waals surface area contributed by atoms with Gasteiger partial charge in [0.2, 0.25) is 0 Å². The molecular formula is C7H14BaO4. The van der Waals surface area contributed by atoms with E-state index in [1.165, 1.54) is 6.92 Å². The van der Waals surface area contributed by atoms with Crippen molar-refractivity contribution in [2.45, 2.75) is 20.8 Å². The predicted octanol–water partition coefficient (Wildman–Crippen LogP) is -0.0983. The van der Waals surface area contributed by atoms with Crippen molar-refractivity contribution < 1.29 is 19.8 Å². The first kappa shape index (κ1) is 15.0. The molecule has 5 heteroatoms. The minimum absolute atomic E-state index is 0. The molecule has 0 aromatic carbocycles. The second kappa shape index (κ2) is 5.29. The van der Waals surface area contributed by atoms with E-state index in [2.05, 4.69) is 0 Å². The molecule has 4 nitrogen and oxygen atoms in total. The van der Waals surface area contributed by atoms with Gasteiger partial charge in [-0.05, 0) is 12.8 Å². The van der Waals surface area contributed by atoms with Gasteiger partial charge in [0.25, 0.3) is 0 Å². The molecule has 2 N–H and O–H groups in total. The van der Waals surface area contributed by atoms with Gasteiger partial charge >= 0.3 is 60.8 Å². The molecule has 0 saturated heterocycles. The van der Waals surface area contributed by atoms with E-state index in [1.807, 2.05) is 0 Å². The molecule has 0 amide bonds. The van der Waals surface area contributed by atoms with Crippen LogP contribution in [0.5, 0.6) is 0 Å². The molecule has 0 heterocycles. The van der Waals surface area contributed by atoms with Crippen LogP contribution in [0.3, 0.4) is 0 Å². The zero-order chi connectivity index (χ0) is 9.23. The van der Waals surface area contributed by atoms with Crippen molar-refractivity contribution in [3.05, 3.63) is 0 Å². The average Bonchev–Trinajstić information content (AvgIpc) is 1.84. The van der Waals surface area contributed by atoms with Crippen molar-refractivity contribution in [2.24, 2.45) is 11.3 Å². The maximum absolute atomic E-state index is 10.5. The molecule has 12 heavy (non-hydrogen) atoms. The third-order valence-electron chi connectivity index (χ3n) is 2.04. The van der Waals surface area contributed by atoms with E-state index in [0.29, 0.717) is 0 Å². The van der Waals surface area contributed by atoms with E-state index in [4.69, 9.17) is 10.2 Å². The molecule has 0 aromatic heterocycles. The summed E-state index contributed by atoms with van der Waals surface area (Å²) in [5.41, 5.74) is -1.67. The van der Waals surface area contributed by atoms with Gasteiger partial charge in [-0.2, -0.15) is 0 Å². The molecular weight excluding hydrogens is 285 g/mol. The average molecular weight is 300 g/mol. The van der Waals surface area contributed by atoms with E-state index >= 15 is 0 Å². The fourth-order valence-electron chi connectivity index (χ4n) is 0.585. The summed E-state index contributed by atoms with van der Waals surface area (Å²) < 4.78 is 0. The standard InChI is InChI=1S/C7H12O4.Ba.2H/c1-4(2)7(3,5(8)9)6(10)11;;;/h4H,1-3H3,(H,8,9)(H,10,11);;;. The van der Waals surface area contributed by atoms with E-state index in [9.17, 15) is 9.59 Å². The quantitative estimate of drug-likeness (QED) is 0.564. The van der Waals surface area contributed by atoms with Crippen molar-refractivity contribution in [1.29, 1.82) is 0 Å². The summed E-state index contributed by atoms with van der Waals surface area (Å²) in [5, 5.41) is 17.2. The van der Waals surface area contributed by atoms with Gasteiger partial charge in [-0.1, -0.05) is 13.8 Å². The van der Waals surface area contributed by atoms with Crippen LogP contribution in [0.15, 0.2) is 0 Å². The summed E-state index contributed by atoms with van der Waals surface area (Å²) in [6, 6.07) is 0. The topological polar surface area (TPSA) is 74.6 Å². The molecule has 0 fully saturated rings. The van der Waals surface area contributed by atoms with Crippen LogP contribution in [0.4, 0.5) is 0 Å². The van der Waals surface area contributed by atoms with E-state index in [1.54, 1.807) is 13.8 Å². The van der Waals surface area contributed by atoms with E-state index < -0.39 is 23.3 Å². The Morgan fingerprint density at radius 2 is 1.42 bits per heavy atom. The first-order valence-corrected chi connectivity index (χ1v) is 3.30. The number of rotatable bonds is 3. The van der Waals surface area contributed by atoms with Crippen molar-refractivity contribution in [1.82, 2.24) is 0 Å². The van der Waals surface area contributed by atoms with Crippen LogP contribution in [0.1, 0.15) is 20.8 Å². The Hall–Kier alpha value is 0.511. The Kier molecular flexibility index (Phi) is 6.61. The van der Waals surface area contributed by atoms with Gasteiger partial charge in [-0.3, -0.25) is 9.59 Å². The molecule has 0 saturated carbocycles. The second-order valence-corrected chi connectivity index (χ2v) is 2.97. The fourth-order valence-corrected chi connectivity index (χ4v) is 0.585. The Morgan fingerprint density at radius 3 is 1.42 bits per heavy atom. The van der Waals surface area contributed by atoms with Gasteiger partial charge in [0.05, 0.1) is 0 Å². The van der Waals surface area contributed by atoms with Crippen LogP contribution in [0.25, 0.3) is 0 Å². The molecule has 0 bridgehead atoms. The molecule has 0 radical (unpaired) electrons. The third kappa shape index (κ3) is 2.78. The van der Waals surface area contributed by atoms with Crippen LogP contribution >= 0.6 is 0 Å². The summed E-state index contributed by atoms with van der Waals surface area (Å²) in [6.07, 6.45) is 0. The number of aliphatic carboxylic acids is 2. The van der Waals surface area contributed by atoms with Gasteiger partial charge in [-0.15, -0.1) is 0 Å². The summed E-state index contributed by atoms with van der Waals surface area (Å²) in [5.74, 6) is -3.00. The van der Waals surface area contributed by atoms with Crippen molar-refractivity contribution in [2.75, 3.05) is 0 Å². The minimum atomic E-state index is -1.67. The van der Waals surface area contributed by atoms with Crippen molar-refractivity contribution in [3.8, 4) is 0 Å². The normalized spacial score (nSPS) is 10.7. The van der Waals surface area contributed by atoms with E-state index in [-0.39, 0.29) is 48.9 Å². The number of carboxylic acids is 2. The SMILES string of the molecule is CC(C)C(C)(C(=O)O)C(=O)O.[BaH2]. The first-order chi connectivity index (χ1) is 4.83. The number of carboxylic acid groups (broad SMARTS) is 2. The van der Waals surface area contributed by atoms with Crippen LogP contribution in [-0.4, -0.2) is 71.0 Å². The zero-order valence-corrected chi connectivity index (χ0v) is 6.79. The molecule has 0 aliphatic carbocycles. The molecule has 0 atom stereocenters. The summed E-state index contributed by atoms with van der Waals surface area (Å²) in [4.78, 5) is 21.0. The number of hydrogen-bond acceptors (Lipinski definition) is 2. The van der Waals surface area contributed by atoms with Crippen LogP contribution < -0.4 is 0 Å². The van der Waals surface area contributed by atoms with Crippen molar-refractivity contribution >= 4 is 60.8 Å². The van der Waals surface area contributed by atoms with Crippen LogP contribution in [0.2, 0.25) is 0 Å². The van der Waals surface area contributed by atoms with Crippen molar-refractivity contribution in [3.63, 3.8) is 0 Å². The second-order valence-electron chi connectivity index (χ2n) is 2.97. The maximum atomic E-state index is 10.5. The molecule has 0 aromatic rings. The predicted molar refractivity (Wildman–Crippen MR) is 46.8 cm³/mol. The third-order valence-corrected chi connectivity index (χ3v) is 2.04. The fraction of sp³-hybridized carbons (Fsp3) is 0.714. The monoisotopic (exact) mass is 300 g/mol. The van der Waals surface area contributed by atoms with Gasteiger partial charge in [0, 0.05) is 0 Å².